The van der Waals surface area contributed by atoms with Gasteiger partial charge in [0.2, 0.25) is 0 Å². The average Bonchev–Trinajstić information content (AvgIpc) is 2.34. The molecule has 0 fully saturated rings. The smallest absolute Gasteiger partial charge is 0.287 e. The Hall–Kier alpha value is -2.13. The Morgan fingerprint density at radius 2 is 2.00 bits per heavy atom. The molecular weight excluding hydrogens is 232 g/mol. The number of hydrogen-bond acceptors (Lipinski definition) is 5. The highest BCUT2D eigenvalue weighted by molar-refractivity contribution is 5.59. The predicted octanol–water partition coefficient (Wildman–Crippen LogP) is 1.46. The molecule has 0 spiro atoms. The van der Waals surface area contributed by atoms with E-state index in [4.69, 9.17) is 5.26 Å². The molecule has 0 aliphatic rings. The Morgan fingerprint density at radius 1 is 1.33 bits per heavy atom. The van der Waals surface area contributed by atoms with Crippen molar-refractivity contribution >= 4 is 11.4 Å². The van der Waals surface area contributed by atoms with E-state index in [-0.39, 0.29) is 11.3 Å². The van der Waals surface area contributed by atoms with Gasteiger partial charge in [0.25, 0.3) is 5.69 Å². The number of hydrogen-bond donors (Lipinski definition) is 0. The van der Waals surface area contributed by atoms with E-state index in [0.29, 0.717) is 0 Å². The van der Waals surface area contributed by atoms with Gasteiger partial charge in [-0.3, -0.25) is 10.1 Å². The maximum absolute atomic E-state index is 10.7. The molecule has 96 valence electrons. The largest absolute Gasteiger partial charge is 0.373 e. The van der Waals surface area contributed by atoms with Gasteiger partial charge in [0, 0.05) is 31.9 Å². The zero-order chi connectivity index (χ0) is 13.7. The molecule has 6 heteroatoms. The summed E-state index contributed by atoms with van der Waals surface area (Å²) in [6.07, 6.45) is 0. The minimum Gasteiger partial charge on any atom is -0.373 e. The zero-order valence-electron chi connectivity index (χ0n) is 10.8. The summed E-state index contributed by atoms with van der Waals surface area (Å²) in [5.41, 5.74) is 0.746. The second kappa shape index (κ2) is 5.98. The van der Waals surface area contributed by atoms with Gasteiger partial charge in [0.05, 0.1) is 4.92 Å². The molecule has 0 bridgehead atoms. The summed E-state index contributed by atoms with van der Waals surface area (Å²) < 4.78 is 0. The first-order chi connectivity index (χ1) is 8.45. The Balaban J connectivity index is 2.92. The van der Waals surface area contributed by atoms with Gasteiger partial charge in [-0.15, -0.1) is 0 Å². The van der Waals surface area contributed by atoms with Crippen molar-refractivity contribution in [2.45, 2.75) is 0 Å². The van der Waals surface area contributed by atoms with Crippen LogP contribution in [0.1, 0.15) is 5.56 Å². The number of nitro benzene ring substituents is 1. The SMILES string of the molecule is CN(C)CCN(C)c1ccc([N+](=O)[O-])c(C#N)c1. The zero-order valence-corrected chi connectivity index (χ0v) is 10.8. The molecule has 0 heterocycles. The number of anilines is 1. The van der Waals surface area contributed by atoms with Crippen LogP contribution in [0.4, 0.5) is 11.4 Å². The monoisotopic (exact) mass is 248 g/mol. The number of nitro groups is 1. The highest BCUT2D eigenvalue weighted by atomic mass is 16.6. The van der Waals surface area contributed by atoms with Crippen LogP contribution in [-0.2, 0) is 0 Å². The van der Waals surface area contributed by atoms with Crippen molar-refractivity contribution < 1.29 is 4.92 Å². The molecule has 0 saturated heterocycles. The molecule has 1 aromatic rings. The molecule has 0 radical (unpaired) electrons. The summed E-state index contributed by atoms with van der Waals surface area (Å²) in [5, 5.41) is 19.6. The van der Waals surface area contributed by atoms with E-state index >= 15 is 0 Å². The van der Waals surface area contributed by atoms with E-state index in [1.165, 1.54) is 6.07 Å². The fourth-order valence-corrected chi connectivity index (χ4v) is 1.49. The summed E-state index contributed by atoms with van der Waals surface area (Å²) in [6, 6.07) is 6.44. The molecule has 18 heavy (non-hydrogen) atoms. The van der Waals surface area contributed by atoms with Crippen LogP contribution in [-0.4, -0.2) is 44.1 Å². The lowest BCUT2D eigenvalue weighted by atomic mass is 10.1. The van der Waals surface area contributed by atoms with Gasteiger partial charge in [-0.25, -0.2) is 0 Å². The fourth-order valence-electron chi connectivity index (χ4n) is 1.49. The Bertz CT molecular complexity index is 479. The van der Waals surface area contributed by atoms with Crippen LogP contribution in [0.2, 0.25) is 0 Å². The maximum Gasteiger partial charge on any atom is 0.287 e. The number of nitriles is 1. The van der Waals surface area contributed by atoms with Crippen molar-refractivity contribution in [1.29, 1.82) is 5.26 Å². The standard InChI is InChI=1S/C12H16N4O2/c1-14(2)6-7-15(3)11-4-5-12(16(17)18)10(8-11)9-13/h4-5,8H,6-7H2,1-3H3. The van der Waals surface area contributed by atoms with E-state index in [0.717, 1.165) is 18.8 Å². The third-order valence-corrected chi connectivity index (χ3v) is 2.62. The summed E-state index contributed by atoms with van der Waals surface area (Å²) in [5.74, 6) is 0. The minimum absolute atomic E-state index is 0.0919. The quantitative estimate of drug-likeness (QED) is 0.582. The van der Waals surface area contributed by atoms with Gasteiger partial charge in [-0.2, -0.15) is 5.26 Å². The van der Waals surface area contributed by atoms with E-state index < -0.39 is 4.92 Å². The second-order valence-electron chi connectivity index (χ2n) is 4.30. The molecule has 0 unspecified atom stereocenters. The lowest BCUT2D eigenvalue weighted by Gasteiger charge is -2.21. The maximum atomic E-state index is 10.7. The third kappa shape index (κ3) is 3.43. The van der Waals surface area contributed by atoms with E-state index in [9.17, 15) is 10.1 Å². The van der Waals surface area contributed by atoms with Crippen LogP contribution in [0, 0.1) is 21.4 Å². The molecule has 0 aliphatic carbocycles. The molecule has 1 aromatic carbocycles. The van der Waals surface area contributed by atoms with E-state index in [1.54, 1.807) is 12.1 Å². The number of likely N-dealkylation sites (N-methyl/N-ethyl adjacent to an activating group) is 2. The first kappa shape index (κ1) is 13.9. The predicted molar refractivity (Wildman–Crippen MR) is 69.6 cm³/mol. The highest BCUT2D eigenvalue weighted by Gasteiger charge is 2.14. The van der Waals surface area contributed by atoms with Crippen LogP contribution in [0.25, 0.3) is 0 Å². The van der Waals surface area contributed by atoms with E-state index in [2.05, 4.69) is 0 Å². The lowest BCUT2D eigenvalue weighted by molar-refractivity contribution is -0.385. The van der Waals surface area contributed by atoms with Crippen molar-refractivity contribution in [3.63, 3.8) is 0 Å². The van der Waals surface area contributed by atoms with E-state index in [1.807, 2.05) is 37.0 Å². The van der Waals surface area contributed by atoms with Gasteiger partial charge < -0.3 is 9.80 Å². The summed E-state index contributed by atoms with van der Waals surface area (Å²) >= 11 is 0. The van der Waals surface area contributed by atoms with Gasteiger partial charge in [0.15, 0.2) is 0 Å². The van der Waals surface area contributed by atoms with Gasteiger partial charge in [0.1, 0.15) is 11.6 Å². The molecule has 0 N–H and O–H groups in total. The van der Waals surface area contributed by atoms with Crippen LogP contribution >= 0.6 is 0 Å². The Labute approximate surface area is 106 Å². The number of benzene rings is 1. The fraction of sp³-hybridized carbons (Fsp3) is 0.417. The Morgan fingerprint density at radius 3 is 2.50 bits per heavy atom. The highest BCUT2D eigenvalue weighted by Crippen LogP contribution is 2.23. The van der Waals surface area contributed by atoms with Crippen molar-refractivity contribution in [2.24, 2.45) is 0 Å². The lowest BCUT2D eigenvalue weighted by Crippen LogP contribution is -2.28. The molecule has 0 saturated carbocycles. The number of rotatable bonds is 5. The van der Waals surface area contributed by atoms with Crippen molar-refractivity contribution in [3.8, 4) is 6.07 Å². The number of nitrogens with zero attached hydrogens (tertiary/aromatic N) is 4. The van der Waals surface area contributed by atoms with Gasteiger partial charge in [-0.05, 0) is 26.2 Å². The summed E-state index contributed by atoms with van der Waals surface area (Å²) in [7, 11) is 5.85. The van der Waals surface area contributed by atoms with Crippen LogP contribution in [0.5, 0.6) is 0 Å². The second-order valence-corrected chi connectivity index (χ2v) is 4.30. The normalized spacial score (nSPS) is 10.2. The first-order valence-corrected chi connectivity index (χ1v) is 5.50. The summed E-state index contributed by atoms with van der Waals surface area (Å²) in [6.45, 7) is 1.66. The van der Waals surface area contributed by atoms with Crippen molar-refractivity contribution in [3.05, 3.63) is 33.9 Å². The molecule has 0 atom stereocenters. The Kier molecular flexibility index (Phi) is 4.63. The molecule has 0 aromatic heterocycles. The average molecular weight is 248 g/mol. The molecule has 0 amide bonds. The van der Waals surface area contributed by atoms with Crippen molar-refractivity contribution in [2.75, 3.05) is 39.1 Å². The van der Waals surface area contributed by atoms with Crippen LogP contribution in [0.15, 0.2) is 18.2 Å². The first-order valence-electron chi connectivity index (χ1n) is 5.50. The van der Waals surface area contributed by atoms with Crippen LogP contribution < -0.4 is 4.90 Å². The topological polar surface area (TPSA) is 73.4 Å². The van der Waals surface area contributed by atoms with Gasteiger partial charge >= 0.3 is 0 Å². The van der Waals surface area contributed by atoms with Gasteiger partial charge in [-0.1, -0.05) is 0 Å². The third-order valence-electron chi connectivity index (χ3n) is 2.62. The minimum atomic E-state index is -0.540. The molecular formula is C12H16N4O2. The molecule has 1 rings (SSSR count). The molecule has 6 nitrogen and oxygen atoms in total. The molecule has 0 aliphatic heterocycles. The van der Waals surface area contributed by atoms with Crippen molar-refractivity contribution in [1.82, 2.24) is 4.90 Å². The van der Waals surface area contributed by atoms with Crippen LogP contribution in [0.3, 0.4) is 0 Å². The summed E-state index contributed by atoms with van der Waals surface area (Å²) in [4.78, 5) is 14.2.